The molecular weight excluding hydrogens is 678 g/mol. The first-order valence-corrected chi connectivity index (χ1v) is 17.7. The number of anilines is 2. The first kappa shape index (κ1) is 53.2. The molecule has 6 nitrogen and oxygen atoms in total. The van der Waals surface area contributed by atoms with Crippen molar-refractivity contribution in [2.45, 2.75) is 90.0 Å². The number of aromatic hydroxyl groups is 2. The van der Waals surface area contributed by atoms with Crippen molar-refractivity contribution >= 4 is 58.1 Å². The minimum Gasteiger partial charge on any atom is -0.508 e. The summed E-state index contributed by atoms with van der Waals surface area (Å²) in [5, 5.41) is 23.4. The van der Waals surface area contributed by atoms with Gasteiger partial charge in [0.15, 0.2) is 5.78 Å². The van der Waals surface area contributed by atoms with Gasteiger partial charge in [-0.25, -0.2) is 4.39 Å². The molecule has 282 valence electrons. The Kier molecular flexibility index (Phi) is 34.0. The van der Waals surface area contributed by atoms with E-state index in [4.69, 9.17) is 10.8 Å². The molecule has 0 aliphatic heterocycles. The number of hydrogen-bond acceptors (Lipinski definition) is 7. The van der Waals surface area contributed by atoms with E-state index in [9.17, 15) is 14.3 Å². The lowest BCUT2D eigenvalue weighted by atomic mass is 10.1. The number of carbonyl (C=O) groups is 1. The molecule has 0 aliphatic rings. The van der Waals surface area contributed by atoms with Crippen molar-refractivity contribution in [1.82, 2.24) is 0 Å². The number of phenols is 2. The van der Waals surface area contributed by atoms with Crippen LogP contribution in [0.1, 0.15) is 99.1 Å². The first-order valence-electron chi connectivity index (χ1n) is 16.8. The molecule has 7 N–H and O–H groups in total. The Morgan fingerprint density at radius 2 is 1.12 bits per heavy atom. The van der Waals surface area contributed by atoms with Crippen molar-refractivity contribution in [1.29, 1.82) is 0 Å². The van der Waals surface area contributed by atoms with Gasteiger partial charge in [0, 0.05) is 29.1 Å². The third-order valence-electron chi connectivity index (χ3n) is 5.68. The topological polar surface area (TPSA) is 122 Å². The number of carbonyl (C=O) groups excluding carboxylic acids is 1. The van der Waals surface area contributed by atoms with Crippen molar-refractivity contribution in [2.75, 3.05) is 11.1 Å². The second-order valence-electron chi connectivity index (χ2n) is 9.99. The molecule has 0 spiro atoms. The number of aryl methyl sites for hydroxylation is 5. The molecule has 0 bridgehead atoms. The molecule has 0 saturated carbocycles. The summed E-state index contributed by atoms with van der Waals surface area (Å²) in [6.45, 7) is 29.2. The summed E-state index contributed by atoms with van der Waals surface area (Å²) in [4.78, 5) is 10.9. The second kappa shape index (κ2) is 32.6. The highest BCUT2D eigenvalue weighted by Gasteiger charge is 2.05. The lowest BCUT2D eigenvalue weighted by Crippen LogP contribution is -1.99. The lowest BCUT2D eigenvalue weighted by molar-refractivity contribution is 0.101. The van der Waals surface area contributed by atoms with Crippen LogP contribution in [-0.2, 0) is 0 Å². The normalized spacial score (nSPS) is 8.43. The molecule has 0 aromatic heterocycles. The number of thiocarbonyl (C=S) groups is 2. The number of ketones is 1. The molecule has 4 aromatic carbocycles. The summed E-state index contributed by atoms with van der Waals surface area (Å²) in [7, 11) is 0. The van der Waals surface area contributed by atoms with Gasteiger partial charge in [-0.2, -0.15) is 0 Å². The Balaban J connectivity index is -0.000000296. The van der Waals surface area contributed by atoms with Crippen LogP contribution in [0.4, 0.5) is 15.8 Å². The second-order valence-corrected chi connectivity index (χ2v) is 10.7. The van der Waals surface area contributed by atoms with Crippen LogP contribution in [0.5, 0.6) is 11.5 Å². The first-order chi connectivity index (χ1) is 24.1. The van der Waals surface area contributed by atoms with Crippen molar-refractivity contribution in [2.24, 2.45) is 5.73 Å². The third kappa shape index (κ3) is 26.0. The number of nitrogens with two attached hydrogens (primary N) is 2. The van der Waals surface area contributed by atoms with Crippen molar-refractivity contribution in [3.05, 3.63) is 124 Å². The molecule has 51 heavy (non-hydrogen) atoms. The molecule has 0 amide bonds. The molecule has 0 heterocycles. The van der Waals surface area contributed by atoms with Gasteiger partial charge in [-0.3, -0.25) is 4.79 Å². The fourth-order valence-corrected chi connectivity index (χ4v) is 3.80. The average Bonchev–Trinajstić information content (AvgIpc) is 3.07. The van der Waals surface area contributed by atoms with Crippen LogP contribution in [0, 0.1) is 40.4 Å². The standard InChI is InChI=1S/C16H18N2O.C10H12O.C7H7FO.C2H4S.3C2H6.CH3NS/c1-10-6-11(2)8-13(7-10)12(3)18-15-5-4-14(17)9-16(15)19;1-7-4-8(2)6-10(5-7)9(3)11;1-5-2-3-6(8)4-7(5)9;1-2-3;3*1-2;2-1-3/h4-9,18-19H,3,17H2,1-2H3;4-6H,1-3H3;2-4,9H,1H3;2H,1H3;3*1-2H3;1H,(H2,2,3). The summed E-state index contributed by atoms with van der Waals surface area (Å²) >= 11 is 8.31. The number of phenolic OH excluding ortho intramolecular Hbond substituents is 2. The van der Waals surface area contributed by atoms with Crippen LogP contribution in [0.3, 0.4) is 0 Å². The monoisotopic (exact) mass is 739 g/mol. The molecule has 0 atom stereocenters. The Morgan fingerprint density at radius 3 is 1.45 bits per heavy atom. The molecule has 0 unspecified atom stereocenters. The van der Waals surface area contributed by atoms with Gasteiger partial charge in [-0.1, -0.05) is 113 Å². The predicted octanol–water partition coefficient (Wildman–Crippen LogP) is 12.0. The molecule has 0 radical (unpaired) electrons. The average molecular weight is 740 g/mol. The highest BCUT2D eigenvalue weighted by molar-refractivity contribution is 7.79. The van der Waals surface area contributed by atoms with E-state index < -0.39 is 5.82 Å². The van der Waals surface area contributed by atoms with Crippen molar-refractivity contribution in [3.63, 3.8) is 0 Å². The highest BCUT2D eigenvalue weighted by atomic mass is 32.1. The fraction of sp³-hybridized carbons (Fsp3) is 0.310. The van der Waals surface area contributed by atoms with Crippen LogP contribution in [0.25, 0.3) is 5.70 Å². The maximum atomic E-state index is 12.2. The maximum Gasteiger partial charge on any atom is 0.159 e. The zero-order chi connectivity index (χ0) is 40.7. The Hall–Kier alpha value is -4.60. The van der Waals surface area contributed by atoms with Crippen molar-refractivity contribution < 1.29 is 19.4 Å². The zero-order valence-electron chi connectivity index (χ0n) is 32.9. The van der Waals surface area contributed by atoms with Gasteiger partial charge in [0.2, 0.25) is 0 Å². The Bertz CT molecular complexity index is 1550. The van der Waals surface area contributed by atoms with Gasteiger partial charge < -0.3 is 27.0 Å². The van der Waals surface area contributed by atoms with E-state index in [0.717, 1.165) is 39.5 Å². The van der Waals surface area contributed by atoms with Gasteiger partial charge in [0.05, 0.1) is 11.2 Å². The lowest BCUT2D eigenvalue weighted by Gasteiger charge is -2.13. The summed E-state index contributed by atoms with van der Waals surface area (Å²) < 4.78 is 12.2. The van der Waals surface area contributed by atoms with Gasteiger partial charge in [-0.15, -0.1) is 0 Å². The summed E-state index contributed by atoms with van der Waals surface area (Å²) in [5.74, 6) is -0.143. The van der Waals surface area contributed by atoms with Gasteiger partial charge >= 0.3 is 0 Å². The Morgan fingerprint density at radius 1 is 0.725 bits per heavy atom. The number of hydrogen-bond donors (Lipinski definition) is 5. The minimum atomic E-state index is -0.405. The molecule has 4 aromatic rings. The molecule has 4 rings (SSSR count). The van der Waals surface area contributed by atoms with Crippen LogP contribution in [0.2, 0.25) is 0 Å². The van der Waals surface area contributed by atoms with Gasteiger partial charge in [0.1, 0.15) is 17.3 Å². The third-order valence-corrected chi connectivity index (χ3v) is 5.68. The summed E-state index contributed by atoms with van der Waals surface area (Å²) in [6.07, 6.45) is 0. The van der Waals surface area contributed by atoms with E-state index in [1.165, 1.54) is 29.3 Å². The minimum absolute atomic E-state index is 0.00926. The highest BCUT2D eigenvalue weighted by Crippen LogP contribution is 2.28. The maximum absolute atomic E-state index is 12.2. The smallest absolute Gasteiger partial charge is 0.159 e. The number of nitrogen functional groups attached to an aromatic ring is 1. The number of Topliss-reactive ketones (excluding diaryl/α,β-unsaturated/α-hetero) is 1. The molecule has 0 fully saturated rings. The summed E-state index contributed by atoms with van der Waals surface area (Å²) in [5.41, 5.74) is 20.2. The SMILES string of the molecule is C=C(Nc1ccc(N)cc1O)c1cc(C)cc(C)c1.CC.CC.CC.CC(=O)c1cc(C)cc(C)c1.CC=S.Cc1ccc(F)cc1O.NC=S. The van der Waals surface area contributed by atoms with Crippen LogP contribution < -0.4 is 16.8 Å². The number of benzene rings is 4. The molecule has 0 aliphatic carbocycles. The zero-order valence-corrected chi connectivity index (χ0v) is 34.6. The Labute approximate surface area is 318 Å². The molecule has 0 saturated heterocycles. The fourth-order valence-electron chi connectivity index (χ4n) is 3.80. The summed E-state index contributed by atoms with van der Waals surface area (Å²) in [6, 6.07) is 21.0. The van der Waals surface area contributed by atoms with E-state index in [-0.39, 0.29) is 17.3 Å². The van der Waals surface area contributed by atoms with E-state index in [1.54, 1.807) is 31.3 Å². The number of nitrogens with one attached hydrogen (secondary N) is 1. The molecular formula is C42H62FN3O3S2. The number of rotatable bonds is 4. The van der Waals surface area contributed by atoms with Crippen LogP contribution in [-0.4, -0.2) is 26.9 Å². The predicted molar refractivity (Wildman–Crippen MR) is 231 cm³/mol. The van der Waals surface area contributed by atoms with E-state index in [2.05, 4.69) is 66.3 Å². The van der Waals surface area contributed by atoms with Crippen LogP contribution >= 0.6 is 24.4 Å². The molecule has 9 heteroatoms. The van der Waals surface area contributed by atoms with E-state index >= 15 is 0 Å². The van der Waals surface area contributed by atoms with Crippen LogP contribution in [0.15, 0.2) is 79.4 Å². The number of halogens is 1. The van der Waals surface area contributed by atoms with Crippen molar-refractivity contribution in [3.8, 4) is 11.5 Å². The quantitative estimate of drug-likeness (QED) is 0.0607. The van der Waals surface area contributed by atoms with E-state index in [1.807, 2.05) is 88.3 Å². The van der Waals surface area contributed by atoms with E-state index in [0.29, 0.717) is 16.9 Å². The van der Waals surface area contributed by atoms with Gasteiger partial charge in [-0.05, 0) is 107 Å². The van der Waals surface area contributed by atoms with Gasteiger partial charge in [0.25, 0.3) is 0 Å². The largest absolute Gasteiger partial charge is 0.508 e.